The number of amides is 1. The van der Waals surface area contributed by atoms with Gasteiger partial charge in [-0.3, -0.25) is 18.8 Å². The molecular formula is C20H18N8O4S. The number of carbonyl (C=O) groups excluding carboxylic acids is 1. The van der Waals surface area contributed by atoms with E-state index in [0.717, 1.165) is 11.5 Å². The van der Waals surface area contributed by atoms with Gasteiger partial charge in [0.15, 0.2) is 5.65 Å². The first-order chi connectivity index (χ1) is 15.8. The van der Waals surface area contributed by atoms with Crippen LogP contribution in [0, 0.1) is 6.92 Å². The molecule has 5 rings (SSSR count). The fourth-order valence-electron chi connectivity index (χ4n) is 3.83. The molecule has 0 unspecified atom stereocenters. The van der Waals surface area contributed by atoms with Crippen LogP contribution >= 0.6 is 11.5 Å². The van der Waals surface area contributed by atoms with Gasteiger partial charge in [0, 0.05) is 43.9 Å². The first-order valence-corrected chi connectivity index (χ1v) is 10.7. The number of pyridine rings is 2. The molecule has 4 aromatic rings. The van der Waals surface area contributed by atoms with Crippen LogP contribution in [0.2, 0.25) is 0 Å². The molecule has 0 aliphatic carbocycles. The summed E-state index contributed by atoms with van der Waals surface area (Å²) in [5.41, 5.74) is 0.645. The summed E-state index contributed by atoms with van der Waals surface area (Å²) in [6, 6.07) is 1.88. The van der Waals surface area contributed by atoms with Crippen LogP contribution in [-0.2, 0) is 4.79 Å². The van der Waals surface area contributed by atoms with Crippen molar-refractivity contribution >= 4 is 45.9 Å². The lowest BCUT2D eigenvalue weighted by molar-refractivity contribution is -0.114. The van der Waals surface area contributed by atoms with Gasteiger partial charge in [-0.05, 0) is 18.6 Å². The van der Waals surface area contributed by atoms with E-state index in [0.29, 0.717) is 40.9 Å². The lowest BCUT2D eigenvalue weighted by Crippen LogP contribution is -2.48. The van der Waals surface area contributed by atoms with Crippen LogP contribution < -0.4 is 15.6 Å². The molecule has 0 radical (unpaired) electrons. The largest absolute Gasteiger partial charge is 0.477 e. The average Bonchev–Trinajstić information content (AvgIpc) is 3.39. The molecule has 1 aliphatic rings. The number of rotatable bonds is 5. The van der Waals surface area contributed by atoms with E-state index in [9.17, 15) is 19.5 Å². The van der Waals surface area contributed by atoms with E-state index in [1.165, 1.54) is 24.0 Å². The molecule has 2 N–H and O–H groups in total. The van der Waals surface area contributed by atoms with Gasteiger partial charge in [0.25, 0.3) is 0 Å². The number of nitrogens with zero attached hydrogens (tertiary/aromatic N) is 7. The second-order valence-corrected chi connectivity index (χ2v) is 8.47. The predicted molar refractivity (Wildman–Crippen MR) is 120 cm³/mol. The number of nitrogens with one attached hydrogen (secondary N) is 1. The van der Waals surface area contributed by atoms with E-state index >= 15 is 0 Å². The summed E-state index contributed by atoms with van der Waals surface area (Å²) in [5, 5.41) is 17.2. The SMILES string of the molecule is CC(=O)Nc1cnn(C2CN(c3cc(C)c4c(=O)c(C(=O)O)cn(-c5ncns5)c4n3)C2)c1. The Morgan fingerprint density at radius 2 is 2.06 bits per heavy atom. The minimum Gasteiger partial charge on any atom is -0.477 e. The maximum Gasteiger partial charge on any atom is 0.341 e. The van der Waals surface area contributed by atoms with Crippen LogP contribution in [0.25, 0.3) is 16.2 Å². The molecule has 0 atom stereocenters. The number of carboxylic acid groups (broad SMARTS) is 1. The van der Waals surface area contributed by atoms with Crippen molar-refractivity contribution in [2.45, 2.75) is 19.9 Å². The van der Waals surface area contributed by atoms with Gasteiger partial charge in [0.2, 0.25) is 16.5 Å². The minimum absolute atomic E-state index is 0.102. The molecule has 1 aliphatic heterocycles. The highest BCUT2D eigenvalue weighted by molar-refractivity contribution is 7.08. The van der Waals surface area contributed by atoms with E-state index < -0.39 is 11.4 Å². The van der Waals surface area contributed by atoms with Crippen molar-refractivity contribution in [1.82, 2.24) is 28.7 Å². The standard InChI is InChI=1S/C20H18N8O4S/c1-10-3-15(26-6-13(7-26)28-5-12(4-22-28)24-11(2)29)25-18-16(10)17(30)14(19(31)32)8-27(18)20-21-9-23-33-20/h3-5,8-9,13H,6-7H2,1-2H3,(H,24,29)(H,31,32). The summed E-state index contributed by atoms with van der Waals surface area (Å²) in [6.45, 7) is 4.47. The Balaban J connectivity index is 1.51. The second kappa shape index (κ2) is 7.78. The number of aromatic carboxylic acids is 1. The summed E-state index contributed by atoms with van der Waals surface area (Å²) in [7, 11) is 0. The second-order valence-electron chi connectivity index (χ2n) is 7.72. The Morgan fingerprint density at radius 3 is 2.73 bits per heavy atom. The summed E-state index contributed by atoms with van der Waals surface area (Å²) in [5.74, 6) is -0.813. The Labute approximate surface area is 190 Å². The molecule has 0 bridgehead atoms. The molecule has 1 fully saturated rings. The monoisotopic (exact) mass is 466 g/mol. The molecule has 0 spiro atoms. The molecule has 12 nitrogen and oxygen atoms in total. The highest BCUT2D eigenvalue weighted by atomic mass is 32.1. The molecule has 168 valence electrons. The molecule has 0 aromatic carbocycles. The Hall–Kier alpha value is -4.13. The normalized spacial score (nSPS) is 13.8. The highest BCUT2D eigenvalue weighted by Gasteiger charge is 2.31. The quantitative estimate of drug-likeness (QED) is 0.446. The Kier molecular flexibility index (Phi) is 4.89. The molecule has 33 heavy (non-hydrogen) atoms. The third-order valence-corrected chi connectivity index (χ3v) is 6.08. The first kappa shape index (κ1) is 20.8. The number of carboxylic acids is 1. The van der Waals surface area contributed by atoms with Crippen LogP contribution in [0.15, 0.2) is 35.8 Å². The highest BCUT2D eigenvalue weighted by Crippen LogP contribution is 2.30. The average molecular weight is 466 g/mol. The number of aryl methyl sites for hydroxylation is 1. The van der Waals surface area contributed by atoms with Gasteiger partial charge in [-0.2, -0.15) is 9.47 Å². The van der Waals surface area contributed by atoms with E-state index in [1.54, 1.807) is 30.1 Å². The van der Waals surface area contributed by atoms with Gasteiger partial charge in [-0.15, -0.1) is 0 Å². The molecule has 5 heterocycles. The lowest BCUT2D eigenvalue weighted by atomic mass is 10.1. The number of fused-ring (bicyclic) bond motifs is 1. The number of anilines is 2. The van der Waals surface area contributed by atoms with E-state index in [2.05, 4.69) is 19.8 Å². The maximum absolute atomic E-state index is 12.9. The van der Waals surface area contributed by atoms with Crippen LogP contribution in [-0.4, -0.2) is 58.8 Å². The fourth-order valence-corrected chi connectivity index (χ4v) is 4.34. The van der Waals surface area contributed by atoms with Crippen LogP contribution in [0.4, 0.5) is 11.5 Å². The maximum atomic E-state index is 12.9. The van der Waals surface area contributed by atoms with Crippen molar-refractivity contribution in [1.29, 1.82) is 0 Å². The summed E-state index contributed by atoms with van der Waals surface area (Å²) >= 11 is 1.07. The molecule has 13 heteroatoms. The lowest BCUT2D eigenvalue weighted by Gasteiger charge is -2.40. The van der Waals surface area contributed by atoms with Crippen molar-refractivity contribution in [3.05, 3.63) is 52.3 Å². The van der Waals surface area contributed by atoms with E-state index in [1.807, 2.05) is 4.90 Å². The molecular weight excluding hydrogens is 448 g/mol. The number of hydrogen-bond acceptors (Lipinski definition) is 9. The molecule has 1 saturated heterocycles. The van der Waals surface area contributed by atoms with Gasteiger partial charge in [0.1, 0.15) is 17.7 Å². The van der Waals surface area contributed by atoms with Crippen molar-refractivity contribution in [2.75, 3.05) is 23.3 Å². The third kappa shape index (κ3) is 3.61. The summed E-state index contributed by atoms with van der Waals surface area (Å²) < 4.78 is 7.28. The zero-order valence-electron chi connectivity index (χ0n) is 17.6. The van der Waals surface area contributed by atoms with Crippen molar-refractivity contribution in [2.24, 2.45) is 0 Å². The number of aromatic nitrogens is 6. The van der Waals surface area contributed by atoms with E-state index in [4.69, 9.17) is 4.98 Å². The number of carbonyl (C=O) groups is 2. The van der Waals surface area contributed by atoms with Gasteiger partial charge in [-0.25, -0.2) is 14.8 Å². The minimum atomic E-state index is -1.31. The number of hydrogen-bond donors (Lipinski definition) is 2. The van der Waals surface area contributed by atoms with Crippen molar-refractivity contribution in [3.63, 3.8) is 0 Å². The van der Waals surface area contributed by atoms with Crippen molar-refractivity contribution < 1.29 is 14.7 Å². The Morgan fingerprint density at radius 1 is 1.27 bits per heavy atom. The van der Waals surface area contributed by atoms with Gasteiger partial charge in [0.05, 0.1) is 23.3 Å². The van der Waals surface area contributed by atoms with Gasteiger partial charge in [-0.1, -0.05) is 0 Å². The summed E-state index contributed by atoms with van der Waals surface area (Å²) in [6.07, 6.45) is 5.99. The molecule has 0 saturated carbocycles. The zero-order valence-corrected chi connectivity index (χ0v) is 18.4. The topological polar surface area (TPSA) is 148 Å². The fraction of sp³-hybridized carbons (Fsp3) is 0.250. The summed E-state index contributed by atoms with van der Waals surface area (Å²) in [4.78, 5) is 46.6. The van der Waals surface area contributed by atoms with Crippen molar-refractivity contribution in [3.8, 4) is 5.13 Å². The zero-order chi connectivity index (χ0) is 23.3. The smallest absolute Gasteiger partial charge is 0.341 e. The van der Waals surface area contributed by atoms with Gasteiger partial charge >= 0.3 is 5.97 Å². The first-order valence-electron chi connectivity index (χ1n) is 9.96. The van der Waals surface area contributed by atoms with Gasteiger partial charge < -0.3 is 15.3 Å². The molecule has 1 amide bonds. The molecule has 4 aromatic heterocycles. The predicted octanol–water partition coefficient (Wildman–Crippen LogP) is 1.46. The van der Waals surface area contributed by atoms with E-state index in [-0.39, 0.29) is 22.9 Å². The van der Waals surface area contributed by atoms with Crippen LogP contribution in [0.5, 0.6) is 0 Å². The third-order valence-electron chi connectivity index (χ3n) is 5.41. The van der Waals surface area contributed by atoms with Crippen LogP contribution in [0.3, 0.4) is 0 Å². The Bertz CT molecular complexity index is 1450. The van der Waals surface area contributed by atoms with Crippen LogP contribution in [0.1, 0.15) is 28.9 Å².